The Kier molecular flexibility index (Phi) is 3.62. The van der Waals surface area contributed by atoms with Crippen molar-refractivity contribution in [3.8, 4) is 6.07 Å². The van der Waals surface area contributed by atoms with E-state index < -0.39 is 0 Å². The Morgan fingerprint density at radius 1 is 1.25 bits per heavy atom. The summed E-state index contributed by atoms with van der Waals surface area (Å²) in [4.78, 5) is 4.51. The summed E-state index contributed by atoms with van der Waals surface area (Å²) in [7, 11) is 0. The first-order valence-corrected chi connectivity index (χ1v) is 7.67. The fraction of sp³-hybridized carbons (Fsp3) is 0. The van der Waals surface area contributed by atoms with Crippen molar-refractivity contribution < 1.29 is 0 Å². The van der Waals surface area contributed by atoms with Gasteiger partial charge in [0.25, 0.3) is 0 Å². The molecule has 1 N–H and O–H groups in total. The molecule has 0 radical (unpaired) electrons. The van der Waals surface area contributed by atoms with E-state index in [1.54, 1.807) is 29.5 Å². The number of benzene rings is 2. The molecule has 0 unspecified atom stereocenters. The molecule has 3 aromatic rings. The van der Waals surface area contributed by atoms with Crippen LogP contribution in [0.15, 0.2) is 40.9 Å². The first kappa shape index (κ1) is 13.4. The summed E-state index contributed by atoms with van der Waals surface area (Å²) in [5, 5.41) is 13.3. The monoisotopic (exact) mass is 363 g/mol. The summed E-state index contributed by atoms with van der Waals surface area (Å²) in [6.45, 7) is 0. The maximum Gasteiger partial charge on any atom is 0.188 e. The summed E-state index contributed by atoms with van der Waals surface area (Å²) in [5.74, 6) is 0. The Labute approximate surface area is 133 Å². The van der Waals surface area contributed by atoms with Crippen molar-refractivity contribution >= 4 is 59.9 Å². The molecule has 0 saturated heterocycles. The minimum absolute atomic E-state index is 0.504. The van der Waals surface area contributed by atoms with Gasteiger partial charge in [-0.3, -0.25) is 0 Å². The van der Waals surface area contributed by atoms with Crippen molar-refractivity contribution in [2.45, 2.75) is 0 Å². The Morgan fingerprint density at radius 3 is 2.85 bits per heavy atom. The number of nitrogens with one attached hydrogen (secondary N) is 1. The van der Waals surface area contributed by atoms with Crippen LogP contribution in [0.5, 0.6) is 0 Å². The molecule has 0 saturated carbocycles. The second-order valence-corrected chi connectivity index (χ2v) is 6.42. The van der Waals surface area contributed by atoms with Gasteiger partial charge >= 0.3 is 0 Å². The molecule has 0 bridgehead atoms. The maximum atomic E-state index is 8.82. The second-order valence-electron chi connectivity index (χ2n) is 4.06. The van der Waals surface area contributed by atoms with Crippen LogP contribution in [0.25, 0.3) is 10.2 Å². The molecule has 0 aliphatic rings. The standard InChI is InChI=1S/C14H7BrClN3S/c15-9-2-4-13-12(6-9)19-14(20-13)18-11-3-1-8(7-17)5-10(11)16/h1-6H,(H,18,19). The van der Waals surface area contributed by atoms with Gasteiger partial charge in [-0.15, -0.1) is 0 Å². The van der Waals surface area contributed by atoms with Gasteiger partial charge in [-0.1, -0.05) is 38.9 Å². The number of aromatic nitrogens is 1. The van der Waals surface area contributed by atoms with Crippen LogP contribution in [-0.4, -0.2) is 4.98 Å². The van der Waals surface area contributed by atoms with E-state index in [0.717, 1.165) is 25.5 Å². The van der Waals surface area contributed by atoms with Crippen LogP contribution in [0.2, 0.25) is 5.02 Å². The number of rotatable bonds is 2. The highest BCUT2D eigenvalue weighted by Crippen LogP contribution is 2.32. The Morgan fingerprint density at radius 2 is 2.10 bits per heavy atom. The summed E-state index contributed by atoms with van der Waals surface area (Å²) in [6, 6.07) is 13.2. The highest BCUT2D eigenvalue weighted by Gasteiger charge is 2.07. The Bertz CT molecular complexity index is 838. The van der Waals surface area contributed by atoms with Gasteiger partial charge in [0.1, 0.15) is 0 Å². The Hall–Kier alpha value is -1.61. The number of halogens is 2. The molecule has 0 fully saturated rings. The summed E-state index contributed by atoms with van der Waals surface area (Å²) in [5.41, 5.74) is 2.20. The third-order valence-corrected chi connectivity index (χ3v) is 4.45. The van der Waals surface area contributed by atoms with Crippen molar-refractivity contribution in [1.29, 1.82) is 5.26 Å². The topological polar surface area (TPSA) is 48.7 Å². The van der Waals surface area contributed by atoms with Gasteiger partial charge in [0, 0.05) is 4.47 Å². The largest absolute Gasteiger partial charge is 0.330 e. The minimum atomic E-state index is 0.504. The van der Waals surface area contributed by atoms with Crippen molar-refractivity contribution in [3.63, 3.8) is 0 Å². The molecule has 20 heavy (non-hydrogen) atoms. The van der Waals surface area contributed by atoms with Crippen LogP contribution >= 0.6 is 38.9 Å². The first-order valence-electron chi connectivity index (χ1n) is 5.68. The minimum Gasteiger partial charge on any atom is -0.330 e. The van der Waals surface area contributed by atoms with E-state index in [9.17, 15) is 0 Å². The van der Waals surface area contributed by atoms with Crippen molar-refractivity contribution in [2.24, 2.45) is 0 Å². The predicted octanol–water partition coefficient (Wildman–Crippen LogP) is 5.33. The van der Waals surface area contributed by atoms with Gasteiger partial charge in [-0.25, -0.2) is 4.98 Å². The van der Waals surface area contributed by atoms with Crippen LogP contribution < -0.4 is 5.32 Å². The number of thiazole rings is 1. The van der Waals surface area contributed by atoms with E-state index in [4.69, 9.17) is 16.9 Å². The van der Waals surface area contributed by atoms with E-state index in [1.807, 2.05) is 18.2 Å². The van der Waals surface area contributed by atoms with E-state index in [1.165, 1.54) is 0 Å². The molecule has 1 aromatic heterocycles. The van der Waals surface area contributed by atoms with Gasteiger partial charge in [0.05, 0.1) is 32.6 Å². The number of hydrogen-bond acceptors (Lipinski definition) is 4. The lowest BCUT2D eigenvalue weighted by Crippen LogP contribution is -1.90. The van der Waals surface area contributed by atoms with Gasteiger partial charge in [-0.2, -0.15) is 5.26 Å². The number of nitrogens with zero attached hydrogens (tertiary/aromatic N) is 2. The molecule has 6 heteroatoms. The fourth-order valence-corrected chi connectivity index (χ4v) is 3.19. The maximum absolute atomic E-state index is 8.82. The smallest absolute Gasteiger partial charge is 0.188 e. The zero-order valence-electron chi connectivity index (χ0n) is 10.0. The fourth-order valence-electron chi connectivity index (χ4n) is 1.76. The average molecular weight is 365 g/mol. The number of fused-ring (bicyclic) bond motifs is 1. The summed E-state index contributed by atoms with van der Waals surface area (Å²) < 4.78 is 2.10. The van der Waals surface area contributed by atoms with Gasteiger partial charge < -0.3 is 5.32 Å². The molecule has 0 atom stereocenters. The molecule has 1 heterocycles. The lowest BCUT2D eigenvalue weighted by molar-refractivity contribution is 1.43. The number of anilines is 2. The molecule has 0 spiro atoms. The summed E-state index contributed by atoms with van der Waals surface area (Å²) in [6.07, 6.45) is 0. The van der Waals surface area contributed by atoms with E-state index in [2.05, 4.69) is 32.3 Å². The van der Waals surface area contributed by atoms with Gasteiger partial charge in [0.2, 0.25) is 0 Å². The van der Waals surface area contributed by atoms with Crippen molar-refractivity contribution in [2.75, 3.05) is 5.32 Å². The van der Waals surface area contributed by atoms with Crippen molar-refractivity contribution in [1.82, 2.24) is 4.98 Å². The van der Waals surface area contributed by atoms with E-state index >= 15 is 0 Å². The molecule has 0 amide bonds. The molecule has 2 aromatic carbocycles. The average Bonchev–Trinajstić information content (AvgIpc) is 2.82. The van der Waals surface area contributed by atoms with Crippen molar-refractivity contribution in [3.05, 3.63) is 51.5 Å². The number of hydrogen-bond donors (Lipinski definition) is 1. The third kappa shape index (κ3) is 2.63. The lowest BCUT2D eigenvalue weighted by Gasteiger charge is -2.04. The van der Waals surface area contributed by atoms with Gasteiger partial charge in [-0.05, 0) is 36.4 Å². The normalized spacial score (nSPS) is 10.4. The molecule has 0 aliphatic carbocycles. The van der Waals surface area contributed by atoms with E-state index in [-0.39, 0.29) is 0 Å². The molecule has 0 aliphatic heterocycles. The molecular weight excluding hydrogens is 358 g/mol. The zero-order chi connectivity index (χ0) is 14.1. The second kappa shape index (κ2) is 5.41. The first-order chi connectivity index (χ1) is 9.65. The number of nitriles is 1. The van der Waals surface area contributed by atoms with E-state index in [0.29, 0.717) is 10.6 Å². The molecular formula is C14H7BrClN3S. The molecule has 98 valence electrons. The van der Waals surface area contributed by atoms with Crippen LogP contribution in [0.3, 0.4) is 0 Å². The van der Waals surface area contributed by atoms with Crippen LogP contribution in [0.1, 0.15) is 5.56 Å². The molecule has 3 nitrogen and oxygen atoms in total. The highest BCUT2D eigenvalue weighted by atomic mass is 79.9. The Balaban J connectivity index is 1.95. The highest BCUT2D eigenvalue weighted by molar-refractivity contribution is 9.10. The zero-order valence-corrected chi connectivity index (χ0v) is 13.2. The SMILES string of the molecule is N#Cc1ccc(Nc2nc3cc(Br)ccc3s2)c(Cl)c1. The lowest BCUT2D eigenvalue weighted by atomic mass is 10.2. The quantitative estimate of drug-likeness (QED) is 0.669. The van der Waals surface area contributed by atoms with Gasteiger partial charge in [0.15, 0.2) is 5.13 Å². The third-order valence-electron chi connectivity index (χ3n) is 2.69. The predicted molar refractivity (Wildman–Crippen MR) is 86.8 cm³/mol. The van der Waals surface area contributed by atoms with Crippen LogP contribution in [0, 0.1) is 11.3 Å². The van der Waals surface area contributed by atoms with Crippen LogP contribution in [-0.2, 0) is 0 Å². The molecule has 3 rings (SSSR count). The summed E-state index contributed by atoms with van der Waals surface area (Å²) >= 11 is 11.1. The van der Waals surface area contributed by atoms with Crippen LogP contribution in [0.4, 0.5) is 10.8 Å².